The first-order valence-corrected chi connectivity index (χ1v) is 6.27. The van der Waals surface area contributed by atoms with Crippen molar-refractivity contribution in [3.63, 3.8) is 0 Å². The number of phenolic OH excluding ortho intramolecular Hbond substituents is 1. The molecule has 1 aromatic carbocycles. The maximum atomic E-state index is 12.2. The van der Waals surface area contributed by atoms with Gasteiger partial charge in [0.25, 0.3) is 5.91 Å². The van der Waals surface area contributed by atoms with Gasteiger partial charge in [-0.1, -0.05) is 11.6 Å². The minimum absolute atomic E-state index is 0.00588. The van der Waals surface area contributed by atoms with E-state index in [4.69, 9.17) is 11.6 Å². The summed E-state index contributed by atoms with van der Waals surface area (Å²) in [6, 6.07) is 4.56. The molecule has 92 valence electrons. The van der Waals surface area contributed by atoms with Gasteiger partial charge in [-0.2, -0.15) is 0 Å². The fraction of sp³-hybridized carbons (Fsp3) is 0.462. The van der Waals surface area contributed by atoms with Crippen molar-refractivity contribution < 1.29 is 9.90 Å². The van der Waals surface area contributed by atoms with Crippen LogP contribution in [0, 0.1) is 5.92 Å². The lowest BCUT2D eigenvalue weighted by molar-refractivity contribution is 0.0754. The summed E-state index contributed by atoms with van der Waals surface area (Å²) < 4.78 is 0. The van der Waals surface area contributed by atoms with Crippen LogP contribution >= 0.6 is 11.6 Å². The summed E-state index contributed by atoms with van der Waals surface area (Å²) in [6.45, 7) is 3.38. The van der Waals surface area contributed by atoms with E-state index in [9.17, 15) is 9.90 Å². The SMILES string of the molecule is CCN(CC1CC1)C(=O)c1cc(Cl)ccc1O. The Kier molecular flexibility index (Phi) is 3.57. The molecule has 0 aliphatic heterocycles. The largest absolute Gasteiger partial charge is 0.507 e. The summed E-state index contributed by atoms with van der Waals surface area (Å²) in [6.07, 6.45) is 2.40. The van der Waals surface area contributed by atoms with Gasteiger partial charge < -0.3 is 10.0 Å². The Morgan fingerprint density at radius 3 is 2.82 bits per heavy atom. The van der Waals surface area contributed by atoms with E-state index in [1.54, 1.807) is 11.0 Å². The van der Waals surface area contributed by atoms with Crippen LogP contribution in [0.1, 0.15) is 30.1 Å². The Labute approximate surface area is 106 Å². The van der Waals surface area contributed by atoms with E-state index in [1.165, 1.54) is 25.0 Å². The number of carbonyl (C=O) groups excluding carboxylic acids is 1. The predicted octanol–water partition coefficient (Wildman–Crippen LogP) is 2.92. The van der Waals surface area contributed by atoms with E-state index < -0.39 is 0 Å². The molecule has 0 spiro atoms. The third-order valence-electron chi connectivity index (χ3n) is 3.03. The van der Waals surface area contributed by atoms with Crippen LogP contribution in [0.5, 0.6) is 5.75 Å². The lowest BCUT2D eigenvalue weighted by atomic mass is 10.1. The molecule has 4 heteroatoms. The second-order valence-corrected chi connectivity index (χ2v) is 4.89. The van der Waals surface area contributed by atoms with E-state index in [2.05, 4.69) is 0 Å². The second kappa shape index (κ2) is 4.96. The van der Waals surface area contributed by atoms with Crippen molar-refractivity contribution in [2.24, 2.45) is 5.92 Å². The van der Waals surface area contributed by atoms with Crippen molar-refractivity contribution in [2.75, 3.05) is 13.1 Å². The van der Waals surface area contributed by atoms with Crippen molar-refractivity contribution in [3.8, 4) is 5.75 Å². The lowest BCUT2D eigenvalue weighted by Gasteiger charge is -2.21. The molecule has 0 aromatic heterocycles. The smallest absolute Gasteiger partial charge is 0.257 e. The first-order valence-electron chi connectivity index (χ1n) is 5.89. The lowest BCUT2D eigenvalue weighted by Crippen LogP contribution is -2.32. The third kappa shape index (κ3) is 2.91. The second-order valence-electron chi connectivity index (χ2n) is 4.45. The summed E-state index contributed by atoms with van der Waals surface area (Å²) in [7, 11) is 0. The number of phenols is 1. The van der Waals surface area contributed by atoms with Crippen LogP contribution in [0.3, 0.4) is 0 Å². The predicted molar refractivity (Wildman–Crippen MR) is 67.4 cm³/mol. The highest BCUT2D eigenvalue weighted by molar-refractivity contribution is 6.31. The highest BCUT2D eigenvalue weighted by Crippen LogP contribution is 2.31. The van der Waals surface area contributed by atoms with E-state index >= 15 is 0 Å². The molecule has 1 fully saturated rings. The summed E-state index contributed by atoms with van der Waals surface area (Å²) in [5.74, 6) is 0.494. The summed E-state index contributed by atoms with van der Waals surface area (Å²) in [4.78, 5) is 14.0. The Balaban J connectivity index is 2.18. The van der Waals surface area contributed by atoms with Gasteiger partial charge in [0.15, 0.2) is 0 Å². The van der Waals surface area contributed by atoms with Crippen molar-refractivity contribution in [1.29, 1.82) is 0 Å². The topological polar surface area (TPSA) is 40.5 Å². The van der Waals surface area contributed by atoms with Crippen LogP contribution in [0.15, 0.2) is 18.2 Å². The average molecular weight is 254 g/mol. The number of hydrogen-bond donors (Lipinski definition) is 1. The number of nitrogens with zero attached hydrogens (tertiary/aromatic N) is 1. The van der Waals surface area contributed by atoms with Crippen molar-refractivity contribution in [2.45, 2.75) is 19.8 Å². The standard InChI is InChI=1S/C13H16ClNO2/c1-2-15(8-9-3-4-9)13(17)11-7-10(14)5-6-12(11)16/h5-7,9,16H,2-4,8H2,1H3. The molecule has 1 aliphatic carbocycles. The number of benzene rings is 1. The molecule has 1 N–H and O–H groups in total. The highest BCUT2D eigenvalue weighted by atomic mass is 35.5. The first kappa shape index (κ1) is 12.2. The normalized spacial score (nSPS) is 14.7. The summed E-state index contributed by atoms with van der Waals surface area (Å²) in [5.41, 5.74) is 0.292. The van der Waals surface area contributed by atoms with Gasteiger partial charge in [-0.25, -0.2) is 0 Å². The maximum Gasteiger partial charge on any atom is 0.257 e. The van der Waals surface area contributed by atoms with Gasteiger partial charge in [0.2, 0.25) is 0 Å². The summed E-state index contributed by atoms with van der Waals surface area (Å²) in [5, 5.41) is 10.2. The molecular formula is C13H16ClNO2. The molecule has 1 aromatic rings. The van der Waals surface area contributed by atoms with Gasteiger partial charge in [-0.3, -0.25) is 4.79 Å². The Morgan fingerprint density at radius 1 is 1.53 bits per heavy atom. The zero-order valence-electron chi connectivity index (χ0n) is 9.82. The average Bonchev–Trinajstić information content (AvgIpc) is 3.12. The van der Waals surface area contributed by atoms with E-state index in [0.717, 1.165) is 6.54 Å². The molecular weight excluding hydrogens is 238 g/mol. The van der Waals surface area contributed by atoms with Crippen LogP contribution in [0.25, 0.3) is 0 Å². The minimum Gasteiger partial charge on any atom is -0.507 e. The Bertz CT molecular complexity index is 429. The first-order chi connectivity index (χ1) is 8.11. The minimum atomic E-state index is -0.139. The van der Waals surface area contributed by atoms with Crippen LogP contribution in [-0.4, -0.2) is 29.0 Å². The van der Waals surface area contributed by atoms with Crippen molar-refractivity contribution in [3.05, 3.63) is 28.8 Å². The van der Waals surface area contributed by atoms with Gasteiger partial charge >= 0.3 is 0 Å². The number of amides is 1. The monoisotopic (exact) mass is 253 g/mol. The van der Waals surface area contributed by atoms with Crippen LogP contribution < -0.4 is 0 Å². The number of carbonyl (C=O) groups is 1. The highest BCUT2D eigenvalue weighted by Gasteiger charge is 2.27. The van der Waals surface area contributed by atoms with Gasteiger partial charge in [-0.15, -0.1) is 0 Å². The molecule has 3 nitrogen and oxygen atoms in total. The fourth-order valence-corrected chi connectivity index (χ4v) is 1.99. The number of rotatable bonds is 4. The van der Waals surface area contributed by atoms with Gasteiger partial charge in [0, 0.05) is 18.1 Å². The molecule has 0 heterocycles. The van der Waals surface area contributed by atoms with E-state index in [-0.39, 0.29) is 11.7 Å². The molecule has 0 unspecified atom stereocenters. The van der Waals surface area contributed by atoms with Crippen molar-refractivity contribution >= 4 is 17.5 Å². The maximum absolute atomic E-state index is 12.2. The molecule has 1 aliphatic rings. The van der Waals surface area contributed by atoms with Gasteiger partial charge in [-0.05, 0) is 43.9 Å². The number of halogens is 1. The van der Waals surface area contributed by atoms with Gasteiger partial charge in [0.1, 0.15) is 5.75 Å². The molecule has 2 rings (SSSR count). The molecule has 0 radical (unpaired) electrons. The summed E-state index contributed by atoms with van der Waals surface area (Å²) >= 11 is 5.84. The Hall–Kier alpha value is -1.22. The molecule has 17 heavy (non-hydrogen) atoms. The quantitative estimate of drug-likeness (QED) is 0.896. The molecule has 1 amide bonds. The fourth-order valence-electron chi connectivity index (χ4n) is 1.82. The zero-order valence-corrected chi connectivity index (χ0v) is 10.6. The third-order valence-corrected chi connectivity index (χ3v) is 3.27. The number of aromatic hydroxyl groups is 1. The van der Waals surface area contributed by atoms with E-state index in [1.807, 2.05) is 6.92 Å². The van der Waals surface area contributed by atoms with E-state index in [0.29, 0.717) is 23.0 Å². The van der Waals surface area contributed by atoms with Crippen LogP contribution in [0.4, 0.5) is 0 Å². The number of hydrogen-bond acceptors (Lipinski definition) is 2. The molecule has 0 bridgehead atoms. The van der Waals surface area contributed by atoms with Crippen molar-refractivity contribution in [1.82, 2.24) is 4.90 Å². The zero-order chi connectivity index (χ0) is 12.4. The Morgan fingerprint density at radius 2 is 2.24 bits per heavy atom. The van der Waals surface area contributed by atoms with Crippen LogP contribution in [-0.2, 0) is 0 Å². The molecule has 0 saturated heterocycles. The van der Waals surface area contributed by atoms with Gasteiger partial charge in [0.05, 0.1) is 5.56 Å². The molecule has 0 atom stereocenters. The van der Waals surface area contributed by atoms with Crippen LogP contribution in [0.2, 0.25) is 5.02 Å². The molecule has 1 saturated carbocycles.